The number of rotatable bonds is 7. The number of hydrogen-bond donors (Lipinski definition) is 1. The molecule has 2 amide bonds. The van der Waals surface area contributed by atoms with Gasteiger partial charge in [-0.3, -0.25) is 9.59 Å². The van der Waals surface area contributed by atoms with E-state index in [0.717, 1.165) is 15.9 Å². The summed E-state index contributed by atoms with van der Waals surface area (Å²) < 4.78 is 5.16. The average molecular weight is 384 g/mol. The number of para-hydroxylation sites is 1. The van der Waals surface area contributed by atoms with Gasteiger partial charge in [0.25, 0.3) is 0 Å². The first kappa shape index (κ1) is 18.9. The van der Waals surface area contributed by atoms with E-state index in [1.54, 1.807) is 25.4 Å². The molecule has 3 rings (SSSR count). The molecule has 0 radical (unpaired) electrons. The van der Waals surface area contributed by atoms with Crippen molar-refractivity contribution >= 4 is 34.5 Å². The molecule has 0 atom stereocenters. The molecule has 2 aromatic heterocycles. The molecule has 0 spiro atoms. The number of amides is 2. The standard InChI is InChI=1S/C19H20N4O3S/c1-13-21-16-8-4-3-7-15(16)19(22-13)27-12-18(25)23(2)11-17(24)20-10-14-6-5-9-26-14/h3-9H,10-12H2,1-2H3,(H,20,24). The molecule has 0 unspecified atom stereocenters. The third kappa shape index (κ3) is 5.07. The van der Waals surface area contributed by atoms with E-state index in [9.17, 15) is 9.59 Å². The molecule has 27 heavy (non-hydrogen) atoms. The number of thioether (sulfide) groups is 1. The summed E-state index contributed by atoms with van der Waals surface area (Å²) in [4.78, 5) is 34.6. The molecule has 0 bridgehead atoms. The zero-order chi connectivity index (χ0) is 19.2. The number of aromatic nitrogens is 2. The van der Waals surface area contributed by atoms with E-state index in [0.29, 0.717) is 18.1 Å². The Kier molecular flexibility index (Phi) is 6.08. The van der Waals surface area contributed by atoms with Gasteiger partial charge >= 0.3 is 0 Å². The number of nitrogens with one attached hydrogen (secondary N) is 1. The average Bonchev–Trinajstić information content (AvgIpc) is 3.17. The van der Waals surface area contributed by atoms with Crippen LogP contribution in [0.3, 0.4) is 0 Å². The Hall–Kier alpha value is -2.87. The van der Waals surface area contributed by atoms with E-state index in [4.69, 9.17) is 4.42 Å². The summed E-state index contributed by atoms with van der Waals surface area (Å²) in [5.74, 6) is 1.14. The van der Waals surface area contributed by atoms with Crippen LogP contribution in [-0.2, 0) is 16.1 Å². The maximum absolute atomic E-state index is 12.4. The third-order valence-corrected chi connectivity index (χ3v) is 4.83. The second-order valence-electron chi connectivity index (χ2n) is 5.99. The summed E-state index contributed by atoms with van der Waals surface area (Å²) in [6.45, 7) is 2.12. The molecule has 1 N–H and O–H groups in total. The molecule has 0 aliphatic heterocycles. The highest BCUT2D eigenvalue weighted by Crippen LogP contribution is 2.25. The minimum absolute atomic E-state index is 0.0103. The summed E-state index contributed by atoms with van der Waals surface area (Å²) in [6, 6.07) is 11.2. The highest BCUT2D eigenvalue weighted by molar-refractivity contribution is 8.00. The van der Waals surface area contributed by atoms with Gasteiger partial charge in [0.05, 0.1) is 30.6 Å². The van der Waals surface area contributed by atoms with Crippen LogP contribution in [0.5, 0.6) is 0 Å². The summed E-state index contributed by atoms with van der Waals surface area (Å²) in [7, 11) is 1.61. The number of aryl methyl sites for hydroxylation is 1. The smallest absolute Gasteiger partial charge is 0.239 e. The van der Waals surface area contributed by atoms with Gasteiger partial charge in [-0.15, -0.1) is 0 Å². The number of hydrogen-bond acceptors (Lipinski definition) is 6. The zero-order valence-electron chi connectivity index (χ0n) is 15.1. The van der Waals surface area contributed by atoms with Gasteiger partial charge in [0, 0.05) is 12.4 Å². The van der Waals surface area contributed by atoms with Crippen molar-refractivity contribution in [1.82, 2.24) is 20.2 Å². The Morgan fingerprint density at radius 3 is 2.78 bits per heavy atom. The Bertz CT molecular complexity index is 943. The van der Waals surface area contributed by atoms with Gasteiger partial charge in [-0.2, -0.15) is 0 Å². The lowest BCUT2D eigenvalue weighted by molar-refractivity contribution is -0.132. The van der Waals surface area contributed by atoms with Crippen molar-refractivity contribution in [3.05, 3.63) is 54.2 Å². The molecular weight excluding hydrogens is 364 g/mol. The van der Waals surface area contributed by atoms with E-state index < -0.39 is 0 Å². The number of carbonyl (C=O) groups excluding carboxylic acids is 2. The quantitative estimate of drug-likeness (QED) is 0.497. The van der Waals surface area contributed by atoms with Crippen LogP contribution in [0.2, 0.25) is 0 Å². The summed E-state index contributed by atoms with van der Waals surface area (Å²) in [6.07, 6.45) is 1.55. The molecule has 0 saturated heterocycles. The number of nitrogens with zero attached hydrogens (tertiary/aromatic N) is 3. The minimum Gasteiger partial charge on any atom is -0.467 e. The predicted molar refractivity (Wildman–Crippen MR) is 103 cm³/mol. The minimum atomic E-state index is -0.240. The van der Waals surface area contributed by atoms with Gasteiger partial charge in [0.15, 0.2) is 0 Å². The molecule has 8 heteroatoms. The van der Waals surface area contributed by atoms with E-state index >= 15 is 0 Å². The maximum atomic E-state index is 12.4. The monoisotopic (exact) mass is 384 g/mol. The van der Waals surface area contributed by atoms with Crippen molar-refractivity contribution in [3.63, 3.8) is 0 Å². The highest BCUT2D eigenvalue weighted by atomic mass is 32.2. The number of fused-ring (bicyclic) bond motifs is 1. The van der Waals surface area contributed by atoms with Crippen LogP contribution in [0, 0.1) is 6.92 Å². The molecule has 3 aromatic rings. The fraction of sp³-hybridized carbons (Fsp3) is 0.263. The molecule has 0 saturated carbocycles. The van der Waals surface area contributed by atoms with Crippen LogP contribution in [0.25, 0.3) is 10.9 Å². The lowest BCUT2D eigenvalue weighted by Gasteiger charge is -2.16. The molecule has 0 aliphatic rings. The van der Waals surface area contributed by atoms with Gasteiger partial charge in [0.1, 0.15) is 16.6 Å². The van der Waals surface area contributed by atoms with Gasteiger partial charge in [-0.05, 0) is 25.1 Å². The molecule has 7 nitrogen and oxygen atoms in total. The Morgan fingerprint density at radius 1 is 1.19 bits per heavy atom. The van der Waals surface area contributed by atoms with Crippen LogP contribution >= 0.6 is 11.8 Å². The van der Waals surface area contributed by atoms with E-state index in [-0.39, 0.29) is 24.1 Å². The van der Waals surface area contributed by atoms with Crippen molar-refractivity contribution in [2.75, 3.05) is 19.3 Å². The van der Waals surface area contributed by atoms with Crippen LogP contribution in [0.1, 0.15) is 11.6 Å². The predicted octanol–water partition coefficient (Wildman–Crippen LogP) is 2.40. The highest BCUT2D eigenvalue weighted by Gasteiger charge is 2.15. The molecule has 140 valence electrons. The number of benzene rings is 1. The van der Waals surface area contributed by atoms with Gasteiger partial charge in [0.2, 0.25) is 11.8 Å². The second kappa shape index (κ2) is 8.68. The van der Waals surface area contributed by atoms with E-state index in [2.05, 4.69) is 15.3 Å². The first-order chi connectivity index (χ1) is 13.0. The van der Waals surface area contributed by atoms with Crippen LogP contribution in [-0.4, -0.2) is 46.0 Å². The molecule has 1 aromatic carbocycles. The van der Waals surface area contributed by atoms with Gasteiger partial charge in [-0.1, -0.05) is 30.0 Å². The third-order valence-electron chi connectivity index (χ3n) is 3.86. The van der Waals surface area contributed by atoms with Crippen LogP contribution in [0.4, 0.5) is 0 Å². The van der Waals surface area contributed by atoms with Crippen molar-refractivity contribution in [1.29, 1.82) is 0 Å². The number of furan rings is 1. The lowest BCUT2D eigenvalue weighted by Crippen LogP contribution is -2.38. The van der Waals surface area contributed by atoms with Crippen molar-refractivity contribution < 1.29 is 14.0 Å². The molecule has 0 aliphatic carbocycles. The van der Waals surface area contributed by atoms with Crippen LogP contribution < -0.4 is 5.32 Å². The second-order valence-corrected chi connectivity index (χ2v) is 6.95. The summed E-state index contributed by atoms with van der Waals surface area (Å²) in [5.41, 5.74) is 0.852. The number of carbonyl (C=O) groups is 2. The summed E-state index contributed by atoms with van der Waals surface area (Å²) in [5, 5.41) is 4.40. The SMILES string of the molecule is Cc1nc(SCC(=O)N(C)CC(=O)NCc2ccco2)c2ccccc2n1. The Balaban J connectivity index is 1.53. The first-order valence-corrected chi connectivity index (χ1v) is 9.40. The van der Waals surface area contributed by atoms with Crippen molar-refractivity contribution in [3.8, 4) is 0 Å². The van der Waals surface area contributed by atoms with E-state index in [1.807, 2.05) is 31.2 Å². The normalized spacial score (nSPS) is 10.7. The fourth-order valence-electron chi connectivity index (χ4n) is 2.47. The number of likely N-dealkylation sites (N-methyl/N-ethyl adjacent to an activating group) is 1. The fourth-order valence-corrected chi connectivity index (χ4v) is 3.47. The molecule has 2 heterocycles. The van der Waals surface area contributed by atoms with E-state index in [1.165, 1.54) is 16.7 Å². The first-order valence-electron chi connectivity index (χ1n) is 8.42. The van der Waals surface area contributed by atoms with Gasteiger partial charge < -0.3 is 14.6 Å². The van der Waals surface area contributed by atoms with Gasteiger partial charge in [-0.25, -0.2) is 9.97 Å². The lowest BCUT2D eigenvalue weighted by atomic mass is 10.2. The zero-order valence-corrected chi connectivity index (χ0v) is 16.0. The van der Waals surface area contributed by atoms with Crippen molar-refractivity contribution in [2.24, 2.45) is 0 Å². The Morgan fingerprint density at radius 2 is 2.00 bits per heavy atom. The maximum Gasteiger partial charge on any atom is 0.239 e. The Labute approximate surface area is 161 Å². The largest absolute Gasteiger partial charge is 0.467 e. The molecule has 0 fully saturated rings. The van der Waals surface area contributed by atoms with Crippen molar-refractivity contribution in [2.45, 2.75) is 18.5 Å². The van der Waals surface area contributed by atoms with Crippen LogP contribution in [0.15, 0.2) is 52.1 Å². The summed E-state index contributed by atoms with van der Waals surface area (Å²) >= 11 is 1.35. The molecular formula is C19H20N4O3S. The topological polar surface area (TPSA) is 88.3 Å².